The molecule has 0 heterocycles. The molecule has 0 radical (unpaired) electrons. The summed E-state index contributed by atoms with van der Waals surface area (Å²) in [5, 5.41) is 7.69. The summed E-state index contributed by atoms with van der Waals surface area (Å²) in [5.74, 6) is -1.20. The summed E-state index contributed by atoms with van der Waals surface area (Å²) in [7, 11) is -3.39. The van der Waals surface area contributed by atoms with Crippen molar-refractivity contribution in [3.63, 3.8) is 0 Å². The average Bonchev–Trinajstić information content (AvgIpc) is 2.17. The first-order valence-electron chi connectivity index (χ1n) is 4.89. The molecule has 0 fully saturated rings. The van der Waals surface area contributed by atoms with E-state index in [1.54, 1.807) is 30.3 Å². The highest BCUT2D eigenvalue weighted by Crippen LogP contribution is 2.13. The van der Waals surface area contributed by atoms with Crippen molar-refractivity contribution in [2.24, 2.45) is 0 Å². The Morgan fingerprint density at radius 1 is 1.31 bits per heavy atom. The number of aliphatic carboxylic acids is 1. The molecule has 0 aliphatic carbocycles. The van der Waals surface area contributed by atoms with Crippen LogP contribution in [0.2, 0.25) is 0 Å². The summed E-state index contributed by atoms with van der Waals surface area (Å²) >= 11 is 0. The van der Waals surface area contributed by atoms with E-state index in [-0.39, 0.29) is 12.2 Å². The fourth-order valence-electron chi connectivity index (χ4n) is 1.32. The molecule has 0 aliphatic heterocycles. The number of benzene rings is 1. The number of carboxylic acids is 1. The van der Waals surface area contributed by atoms with Crippen LogP contribution in [0, 0.1) is 0 Å². The molecule has 0 spiro atoms. The second kappa shape index (κ2) is 5.12. The molecule has 0 aromatic heterocycles. The lowest BCUT2D eigenvalue weighted by Gasteiger charge is -2.10. The molecule has 1 aromatic carbocycles. The molecule has 0 bridgehead atoms. The van der Waals surface area contributed by atoms with Crippen molar-refractivity contribution in [2.75, 3.05) is 0 Å². The number of sulfone groups is 1. The van der Waals surface area contributed by atoms with Crippen LogP contribution in [0.15, 0.2) is 30.3 Å². The van der Waals surface area contributed by atoms with E-state index in [1.807, 2.05) is 0 Å². The lowest BCUT2D eigenvalue weighted by atomic mass is 10.2. The molecule has 1 aromatic rings. The van der Waals surface area contributed by atoms with E-state index in [1.165, 1.54) is 6.92 Å². The van der Waals surface area contributed by atoms with E-state index in [4.69, 9.17) is 5.11 Å². The van der Waals surface area contributed by atoms with Gasteiger partial charge in [0, 0.05) is 0 Å². The zero-order chi connectivity index (χ0) is 12.2. The fraction of sp³-hybridized carbons (Fsp3) is 0.364. The summed E-state index contributed by atoms with van der Waals surface area (Å²) in [6, 6.07) is 8.74. The van der Waals surface area contributed by atoms with Gasteiger partial charge in [0.15, 0.2) is 9.84 Å². The van der Waals surface area contributed by atoms with Crippen LogP contribution in [-0.2, 0) is 20.4 Å². The van der Waals surface area contributed by atoms with Crippen molar-refractivity contribution in [3.8, 4) is 0 Å². The van der Waals surface area contributed by atoms with E-state index in [2.05, 4.69) is 0 Å². The molecule has 16 heavy (non-hydrogen) atoms. The average molecular weight is 242 g/mol. The van der Waals surface area contributed by atoms with E-state index in [9.17, 15) is 13.2 Å². The fourth-order valence-corrected chi connectivity index (χ4v) is 2.66. The second-order valence-corrected chi connectivity index (χ2v) is 6.12. The minimum absolute atomic E-state index is 0.109. The van der Waals surface area contributed by atoms with Crippen LogP contribution in [0.4, 0.5) is 0 Å². The molecule has 1 rings (SSSR count). The monoisotopic (exact) mass is 242 g/mol. The largest absolute Gasteiger partial charge is 0.481 e. The SMILES string of the molecule is CC(CC(=O)O)S(=O)(=O)Cc1ccccc1. The van der Waals surface area contributed by atoms with E-state index in [0.29, 0.717) is 5.56 Å². The van der Waals surface area contributed by atoms with Gasteiger partial charge in [0.2, 0.25) is 0 Å². The molecule has 1 unspecified atom stereocenters. The Morgan fingerprint density at radius 2 is 1.88 bits per heavy atom. The van der Waals surface area contributed by atoms with Gasteiger partial charge in [-0.25, -0.2) is 8.42 Å². The maximum atomic E-state index is 11.8. The zero-order valence-electron chi connectivity index (χ0n) is 8.96. The van der Waals surface area contributed by atoms with Gasteiger partial charge in [0.1, 0.15) is 0 Å². The lowest BCUT2D eigenvalue weighted by molar-refractivity contribution is -0.136. The van der Waals surface area contributed by atoms with Crippen LogP contribution >= 0.6 is 0 Å². The molecule has 1 N–H and O–H groups in total. The summed E-state index contributed by atoms with van der Waals surface area (Å²) in [4.78, 5) is 10.4. The first kappa shape index (κ1) is 12.7. The van der Waals surface area contributed by atoms with E-state index >= 15 is 0 Å². The third-order valence-corrected chi connectivity index (χ3v) is 4.41. The van der Waals surface area contributed by atoms with Gasteiger partial charge in [-0.1, -0.05) is 30.3 Å². The summed E-state index contributed by atoms with van der Waals surface area (Å²) in [6.07, 6.45) is -0.352. The van der Waals surface area contributed by atoms with E-state index in [0.717, 1.165) is 0 Å². The molecule has 88 valence electrons. The topological polar surface area (TPSA) is 71.4 Å². The molecular formula is C11H14O4S. The highest BCUT2D eigenvalue weighted by molar-refractivity contribution is 7.91. The molecular weight excluding hydrogens is 228 g/mol. The Morgan fingerprint density at radius 3 is 2.38 bits per heavy atom. The Bertz CT molecular complexity index is 450. The maximum absolute atomic E-state index is 11.8. The van der Waals surface area contributed by atoms with Crippen molar-refractivity contribution in [1.29, 1.82) is 0 Å². The van der Waals surface area contributed by atoms with E-state index < -0.39 is 21.1 Å². The molecule has 5 heteroatoms. The van der Waals surface area contributed by atoms with Gasteiger partial charge in [-0.2, -0.15) is 0 Å². The third kappa shape index (κ3) is 3.66. The summed E-state index contributed by atoms with van der Waals surface area (Å²) in [5.41, 5.74) is 0.680. The number of hydrogen-bond acceptors (Lipinski definition) is 3. The van der Waals surface area contributed by atoms with Crippen LogP contribution < -0.4 is 0 Å². The third-order valence-electron chi connectivity index (χ3n) is 2.29. The van der Waals surface area contributed by atoms with Crippen molar-refractivity contribution in [3.05, 3.63) is 35.9 Å². The van der Waals surface area contributed by atoms with Gasteiger partial charge in [0.25, 0.3) is 0 Å². The number of carbonyl (C=O) groups is 1. The van der Waals surface area contributed by atoms with Crippen molar-refractivity contribution in [2.45, 2.75) is 24.3 Å². The van der Waals surface area contributed by atoms with Gasteiger partial charge in [-0.3, -0.25) is 4.79 Å². The number of carboxylic acid groups (broad SMARTS) is 1. The number of hydrogen-bond donors (Lipinski definition) is 1. The van der Waals surface area contributed by atoms with Crippen LogP contribution in [0.1, 0.15) is 18.9 Å². The molecule has 0 aliphatic rings. The maximum Gasteiger partial charge on any atom is 0.304 e. The van der Waals surface area contributed by atoms with Crippen molar-refractivity contribution >= 4 is 15.8 Å². The number of rotatable bonds is 5. The zero-order valence-corrected chi connectivity index (χ0v) is 9.78. The van der Waals surface area contributed by atoms with Gasteiger partial charge in [-0.05, 0) is 12.5 Å². The highest BCUT2D eigenvalue weighted by atomic mass is 32.2. The molecule has 0 saturated heterocycles. The quantitative estimate of drug-likeness (QED) is 0.848. The minimum atomic E-state index is -3.39. The van der Waals surface area contributed by atoms with Gasteiger partial charge >= 0.3 is 5.97 Å². The summed E-state index contributed by atoms with van der Waals surface area (Å²) < 4.78 is 23.5. The predicted molar refractivity (Wildman–Crippen MR) is 60.8 cm³/mol. The van der Waals surface area contributed by atoms with Crippen molar-refractivity contribution in [1.82, 2.24) is 0 Å². The standard InChI is InChI=1S/C11H14O4S/c1-9(7-11(12)13)16(14,15)8-10-5-3-2-4-6-10/h2-6,9H,7-8H2,1H3,(H,12,13). The Kier molecular flexibility index (Phi) is 4.06. The van der Waals surface area contributed by atoms with Crippen molar-refractivity contribution < 1.29 is 18.3 Å². The smallest absolute Gasteiger partial charge is 0.304 e. The van der Waals surface area contributed by atoms with Crippen LogP contribution in [0.25, 0.3) is 0 Å². The van der Waals surface area contributed by atoms with Gasteiger partial charge in [-0.15, -0.1) is 0 Å². The van der Waals surface area contributed by atoms with Crippen LogP contribution in [-0.4, -0.2) is 24.7 Å². The van der Waals surface area contributed by atoms with Gasteiger partial charge < -0.3 is 5.11 Å². The highest BCUT2D eigenvalue weighted by Gasteiger charge is 2.23. The minimum Gasteiger partial charge on any atom is -0.481 e. The molecule has 0 amide bonds. The second-order valence-electron chi connectivity index (χ2n) is 3.70. The normalized spacial score (nSPS) is 13.3. The summed E-state index contributed by atoms with van der Waals surface area (Å²) in [6.45, 7) is 1.42. The lowest BCUT2D eigenvalue weighted by Crippen LogP contribution is -2.22. The Balaban J connectivity index is 2.76. The first-order chi connectivity index (χ1) is 7.42. The Hall–Kier alpha value is -1.36. The van der Waals surface area contributed by atoms with Crippen LogP contribution in [0.3, 0.4) is 0 Å². The van der Waals surface area contributed by atoms with Gasteiger partial charge in [0.05, 0.1) is 17.4 Å². The molecule has 4 nitrogen and oxygen atoms in total. The predicted octanol–water partition coefficient (Wildman–Crippen LogP) is 1.46. The molecule has 1 atom stereocenters. The Labute approximate surface area is 94.8 Å². The molecule has 0 saturated carbocycles. The van der Waals surface area contributed by atoms with Crippen LogP contribution in [0.5, 0.6) is 0 Å². The first-order valence-corrected chi connectivity index (χ1v) is 6.60.